The summed E-state index contributed by atoms with van der Waals surface area (Å²) >= 11 is 4.88. The van der Waals surface area contributed by atoms with Crippen LogP contribution in [0.3, 0.4) is 0 Å². The Morgan fingerprint density at radius 3 is 2.61 bits per heavy atom. The fourth-order valence-electron chi connectivity index (χ4n) is 3.25. The Morgan fingerprint density at radius 1 is 1.06 bits per heavy atom. The molecule has 1 aromatic heterocycles. The van der Waals surface area contributed by atoms with Gasteiger partial charge >= 0.3 is 0 Å². The van der Waals surface area contributed by atoms with Crippen molar-refractivity contribution in [1.29, 1.82) is 0 Å². The van der Waals surface area contributed by atoms with Crippen molar-refractivity contribution < 1.29 is 9.59 Å². The van der Waals surface area contributed by atoms with E-state index in [0.29, 0.717) is 11.7 Å². The summed E-state index contributed by atoms with van der Waals surface area (Å²) in [6.45, 7) is 0.552. The number of amides is 2. The van der Waals surface area contributed by atoms with Crippen molar-refractivity contribution in [2.75, 3.05) is 11.9 Å². The van der Waals surface area contributed by atoms with Gasteiger partial charge in [0.05, 0.1) is 12.3 Å². The van der Waals surface area contributed by atoms with Gasteiger partial charge in [0.15, 0.2) is 5.13 Å². The highest BCUT2D eigenvalue weighted by Gasteiger charge is 2.22. The van der Waals surface area contributed by atoms with Crippen LogP contribution in [0.4, 0.5) is 5.13 Å². The van der Waals surface area contributed by atoms with Crippen molar-refractivity contribution in [1.82, 2.24) is 9.99 Å². The third kappa shape index (κ3) is 5.86. The molecule has 2 amide bonds. The lowest BCUT2D eigenvalue weighted by Crippen LogP contribution is -2.24. The topological polar surface area (TPSA) is 74.7 Å². The van der Waals surface area contributed by atoms with Crippen LogP contribution in [0, 0.1) is 0 Å². The van der Waals surface area contributed by atoms with Crippen molar-refractivity contribution in [3.63, 3.8) is 0 Å². The van der Waals surface area contributed by atoms with Gasteiger partial charge in [-0.3, -0.25) is 9.59 Å². The maximum Gasteiger partial charge on any atom is 0.243 e. The van der Waals surface area contributed by atoms with Gasteiger partial charge in [-0.2, -0.15) is 5.10 Å². The molecule has 3 aromatic rings. The Morgan fingerprint density at radius 2 is 1.84 bits per heavy atom. The van der Waals surface area contributed by atoms with Crippen LogP contribution in [-0.2, 0) is 16.0 Å². The second-order valence-electron chi connectivity index (χ2n) is 7.16. The summed E-state index contributed by atoms with van der Waals surface area (Å²) in [5.74, 6) is -0.361. The molecule has 158 valence electrons. The lowest BCUT2D eigenvalue weighted by Gasteiger charge is -2.10. The average molecular weight is 497 g/mol. The van der Waals surface area contributed by atoms with E-state index in [1.54, 1.807) is 6.20 Å². The summed E-state index contributed by atoms with van der Waals surface area (Å²) in [7, 11) is 0. The van der Waals surface area contributed by atoms with E-state index in [9.17, 15) is 9.59 Å². The van der Waals surface area contributed by atoms with E-state index in [2.05, 4.69) is 43.5 Å². The van der Waals surface area contributed by atoms with Gasteiger partial charge in [-0.15, -0.1) is 11.3 Å². The van der Waals surface area contributed by atoms with Crippen LogP contribution >= 0.6 is 27.3 Å². The van der Waals surface area contributed by atoms with Crippen molar-refractivity contribution in [2.24, 2.45) is 5.10 Å². The lowest BCUT2D eigenvalue weighted by molar-refractivity contribution is -0.132. The van der Waals surface area contributed by atoms with E-state index in [0.717, 1.165) is 33.5 Å². The first-order valence-corrected chi connectivity index (χ1v) is 11.6. The van der Waals surface area contributed by atoms with Crippen LogP contribution in [0.15, 0.2) is 70.4 Å². The van der Waals surface area contributed by atoms with Crippen LogP contribution < -0.4 is 5.32 Å². The second kappa shape index (κ2) is 9.98. The molecule has 0 spiro atoms. The normalized spacial score (nSPS) is 13.2. The average Bonchev–Trinajstić information content (AvgIpc) is 3.44. The Kier molecular flexibility index (Phi) is 6.89. The molecular formula is C23H21BrN4O2S. The number of anilines is 1. The molecule has 0 saturated heterocycles. The number of rotatable bonds is 7. The zero-order valence-electron chi connectivity index (χ0n) is 16.8. The minimum atomic E-state index is -0.218. The molecule has 0 atom stereocenters. The summed E-state index contributed by atoms with van der Waals surface area (Å²) < 4.78 is 1.04. The van der Waals surface area contributed by atoms with E-state index >= 15 is 0 Å². The molecule has 0 radical (unpaired) electrons. The third-order valence-electron chi connectivity index (χ3n) is 4.85. The summed E-state index contributed by atoms with van der Waals surface area (Å²) in [6, 6.07) is 17.9. The molecule has 4 rings (SSSR count). The molecule has 1 N–H and O–H groups in total. The molecule has 2 aromatic carbocycles. The monoisotopic (exact) mass is 496 g/mol. The number of carbonyl (C=O) groups excluding carboxylic acids is 2. The largest absolute Gasteiger partial charge is 0.302 e. The van der Waals surface area contributed by atoms with E-state index in [1.165, 1.54) is 21.9 Å². The van der Waals surface area contributed by atoms with Crippen molar-refractivity contribution in [2.45, 2.75) is 25.7 Å². The van der Waals surface area contributed by atoms with Gasteiger partial charge in [0, 0.05) is 41.2 Å². The predicted molar refractivity (Wildman–Crippen MR) is 126 cm³/mol. The van der Waals surface area contributed by atoms with E-state index in [4.69, 9.17) is 0 Å². The highest BCUT2D eigenvalue weighted by molar-refractivity contribution is 9.10. The number of hydrazone groups is 1. The molecule has 6 nitrogen and oxygen atoms in total. The summed E-state index contributed by atoms with van der Waals surface area (Å²) in [4.78, 5) is 30.0. The van der Waals surface area contributed by atoms with Crippen molar-refractivity contribution in [3.05, 3.63) is 81.3 Å². The zero-order valence-corrected chi connectivity index (χ0v) is 19.2. The van der Waals surface area contributed by atoms with Crippen LogP contribution in [0.5, 0.6) is 0 Å². The van der Waals surface area contributed by atoms with Crippen LogP contribution in [-0.4, -0.2) is 34.1 Å². The molecular weight excluding hydrogens is 476 g/mol. The van der Waals surface area contributed by atoms with E-state index < -0.39 is 0 Å². The Hall–Kier alpha value is -2.84. The highest BCUT2D eigenvalue weighted by atomic mass is 79.9. The van der Waals surface area contributed by atoms with Crippen molar-refractivity contribution in [3.8, 4) is 0 Å². The molecule has 1 aliphatic rings. The first kappa shape index (κ1) is 21.4. The first-order valence-electron chi connectivity index (χ1n) is 9.99. The van der Waals surface area contributed by atoms with E-state index in [-0.39, 0.29) is 24.7 Å². The Bertz CT molecular complexity index is 1100. The lowest BCUT2D eigenvalue weighted by atomic mass is 10.1. The molecule has 0 saturated carbocycles. The van der Waals surface area contributed by atoms with Gasteiger partial charge in [0.25, 0.3) is 0 Å². The fraction of sp³-hybridized carbons (Fsp3) is 0.217. The molecule has 8 heteroatoms. The van der Waals surface area contributed by atoms with Gasteiger partial charge in [-0.05, 0) is 23.3 Å². The smallest absolute Gasteiger partial charge is 0.243 e. The minimum Gasteiger partial charge on any atom is -0.302 e. The van der Waals surface area contributed by atoms with Gasteiger partial charge < -0.3 is 5.32 Å². The predicted octanol–water partition coefficient (Wildman–Crippen LogP) is 4.85. The molecule has 0 unspecified atom stereocenters. The number of nitrogens with one attached hydrogen (secondary N) is 1. The second-order valence-corrected chi connectivity index (χ2v) is 9.19. The number of aromatic nitrogens is 1. The number of thiazole rings is 1. The summed E-state index contributed by atoms with van der Waals surface area (Å²) in [6.07, 6.45) is 3.48. The first-order chi connectivity index (χ1) is 15.1. The fourth-order valence-corrected chi connectivity index (χ4v) is 4.38. The van der Waals surface area contributed by atoms with Crippen LogP contribution in [0.1, 0.15) is 35.3 Å². The quantitative estimate of drug-likeness (QED) is 0.507. The van der Waals surface area contributed by atoms with Gasteiger partial charge in [0.1, 0.15) is 0 Å². The number of benzene rings is 2. The van der Waals surface area contributed by atoms with Gasteiger partial charge in [-0.25, -0.2) is 9.99 Å². The zero-order chi connectivity index (χ0) is 21.6. The standard InChI is InChI=1S/C23H21BrN4O2S/c24-18-8-6-16(7-9-18)14-19-15-25-23(31-19)26-21(29)10-11-22(30)28-13-12-20(27-28)17-4-2-1-3-5-17/h1-9,15H,10-14H2,(H,25,26,29). The Balaban J connectivity index is 1.25. The maximum absolute atomic E-state index is 12.4. The number of nitrogens with zero attached hydrogens (tertiary/aromatic N) is 3. The molecule has 1 aliphatic heterocycles. The Labute approximate surface area is 193 Å². The van der Waals surface area contributed by atoms with Gasteiger partial charge in [0.2, 0.25) is 11.8 Å². The van der Waals surface area contributed by atoms with Gasteiger partial charge in [-0.1, -0.05) is 58.4 Å². The molecule has 0 aliphatic carbocycles. The molecule has 0 fully saturated rings. The molecule has 0 bridgehead atoms. The molecule has 31 heavy (non-hydrogen) atoms. The minimum absolute atomic E-state index is 0.104. The van der Waals surface area contributed by atoms with E-state index in [1.807, 2.05) is 42.5 Å². The maximum atomic E-state index is 12.4. The summed E-state index contributed by atoms with van der Waals surface area (Å²) in [5, 5.41) is 9.24. The number of hydrogen-bond acceptors (Lipinski definition) is 5. The highest BCUT2D eigenvalue weighted by Crippen LogP contribution is 2.22. The van der Waals surface area contributed by atoms with Crippen LogP contribution in [0.2, 0.25) is 0 Å². The number of hydrogen-bond donors (Lipinski definition) is 1. The number of halogens is 1. The van der Waals surface area contributed by atoms with Crippen LogP contribution in [0.25, 0.3) is 0 Å². The summed E-state index contributed by atoms with van der Waals surface area (Å²) in [5.41, 5.74) is 3.11. The SMILES string of the molecule is O=C(CCC(=O)N1CCC(c2ccccc2)=N1)Nc1ncc(Cc2ccc(Br)cc2)s1. The van der Waals surface area contributed by atoms with Crippen molar-refractivity contribution >= 4 is 49.9 Å². The number of carbonyl (C=O) groups is 2. The molecule has 2 heterocycles. The third-order valence-corrected chi connectivity index (χ3v) is 6.30.